The maximum Gasteiger partial charge on any atom is 0.251 e. The Hall–Kier alpha value is -2.62. The van der Waals surface area contributed by atoms with E-state index in [9.17, 15) is 9.59 Å². The zero-order valence-electron chi connectivity index (χ0n) is 13.7. The molecule has 0 unspecified atom stereocenters. The van der Waals surface area contributed by atoms with Crippen LogP contribution in [-0.4, -0.2) is 36.3 Å². The molecular weight excluding hydrogens is 300 g/mol. The predicted octanol–water partition coefficient (Wildman–Crippen LogP) is 3.10. The van der Waals surface area contributed by atoms with Crippen LogP contribution in [0.15, 0.2) is 54.6 Å². The highest BCUT2D eigenvalue weighted by Gasteiger charge is 2.19. The number of nitrogens with zero attached hydrogens (tertiary/aromatic N) is 1. The van der Waals surface area contributed by atoms with E-state index in [4.69, 9.17) is 0 Å². The molecule has 1 heterocycles. The Morgan fingerprint density at radius 3 is 2.58 bits per heavy atom. The van der Waals surface area contributed by atoms with Crippen molar-refractivity contribution in [2.75, 3.05) is 19.6 Å². The molecule has 1 aliphatic heterocycles. The summed E-state index contributed by atoms with van der Waals surface area (Å²) in [7, 11) is 0. The van der Waals surface area contributed by atoms with Gasteiger partial charge in [-0.1, -0.05) is 42.5 Å². The van der Waals surface area contributed by atoms with E-state index < -0.39 is 0 Å². The summed E-state index contributed by atoms with van der Waals surface area (Å²) in [6.07, 6.45) is 2.41. The Balaban J connectivity index is 1.52. The Kier molecular flexibility index (Phi) is 5.26. The third kappa shape index (κ3) is 4.02. The maximum atomic E-state index is 12.3. The molecule has 1 aliphatic rings. The van der Waals surface area contributed by atoms with Gasteiger partial charge in [0.1, 0.15) is 0 Å². The van der Waals surface area contributed by atoms with Crippen molar-refractivity contribution in [1.82, 2.24) is 10.2 Å². The van der Waals surface area contributed by atoms with Gasteiger partial charge in [-0.2, -0.15) is 0 Å². The molecule has 0 spiro atoms. The Morgan fingerprint density at radius 2 is 1.83 bits per heavy atom. The highest BCUT2D eigenvalue weighted by molar-refractivity contribution is 5.95. The van der Waals surface area contributed by atoms with Gasteiger partial charge in [0.25, 0.3) is 5.91 Å². The van der Waals surface area contributed by atoms with Crippen molar-refractivity contribution < 1.29 is 9.59 Å². The smallest absolute Gasteiger partial charge is 0.251 e. The molecule has 0 radical (unpaired) electrons. The lowest BCUT2D eigenvalue weighted by Crippen LogP contribution is -2.30. The lowest BCUT2D eigenvalue weighted by atomic mass is 10.0. The van der Waals surface area contributed by atoms with Gasteiger partial charge < -0.3 is 10.2 Å². The third-order valence-corrected chi connectivity index (χ3v) is 4.29. The Morgan fingerprint density at radius 1 is 1.04 bits per heavy atom. The minimum absolute atomic E-state index is 0.0690. The number of amides is 2. The molecule has 0 saturated carbocycles. The second kappa shape index (κ2) is 7.77. The van der Waals surface area contributed by atoms with Gasteiger partial charge in [-0.3, -0.25) is 9.59 Å². The third-order valence-electron chi connectivity index (χ3n) is 4.29. The minimum Gasteiger partial charge on any atom is -0.352 e. The number of carbonyl (C=O) groups is 2. The summed E-state index contributed by atoms with van der Waals surface area (Å²) < 4.78 is 0. The van der Waals surface area contributed by atoms with Crippen molar-refractivity contribution in [3.05, 3.63) is 60.2 Å². The van der Waals surface area contributed by atoms with Gasteiger partial charge in [0.2, 0.25) is 5.91 Å². The van der Waals surface area contributed by atoms with Crippen LogP contribution >= 0.6 is 0 Å². The van der Waals surface area contributed by atoms with Crippen molar-refractivity contribution in [2.45, 2.75) is 19.3 Å². The molecule has 1 saturated heterocycles. The Labute approximate surface area is 142 Å². The molecule has 2 aromatic rings. The molecule has 0 atom stereocenters. The average molecular weight is 322 g/mol. The second-order valence-corrected chi connectivity index (χ2v) is 6.04. The monoisotopic (exact) mass is 322 g/mol. The van der Waals surface area contributed by atoms with E-state index >= 15 is 0 Å². The lowest BCUT2D eigenvalue weighted by molar-refractivity contribution is -0.127. The van der Waals surface area contributed by atoms with E-state index in [1.54, 1.807) is 0 Å². The number of benzene rings is 2. The van der Waals surface area contributed by atoms with Crippen LogP contribution in [0.3, 0.4) is 0 Å². The fraction of sp³-hybridized carbons (Fsp3) is 0.300. The number of hydrogen-bond donors (Lipinski definition) is 1. The largest absolute Gasteiger partial charge is 0.352 e. The highest BCUT2D eigenvalue weighted by atomic mass is 16.2. The Bertz CT molecular complexity index is 713. The molecule has 1 fully saturated rings. The molecule has 1 N–H and O–H groups in total. The maximum absolute atomic E-state index is 12.3. The topological polar surface area (TPSA) is 49.4 Å². The van der Waals surface area contributed by atoms with E-state index in [1.165, 1.54) is 0 Å². The van der Waals surface area contributed by atoms with Gasteiger partial charge in [-0.05, 0) is 36.1 Å². The van der Waals surface area contributed by atoms with Gasteiger partial charge in [0.05, 0.1) is 0 Å². The van der Waals surface area contributed by atoms with E-state index in [-0.39, 0.29) is 11.8 Å². The summed E-state index contributed by atoms with van der Waals surface area (Å²) >= 11 is 0. The normalized spacial score (nSPS) is 14.0. The fourth-order valence-electron chi connectivity index (χ4n) is 2.98. The summed E-state index contributed by atoms with van der Waals surface area (Å²) in [6, 6.07) is 17.7. The first kappa shape index (κ1) is 16.2. The van der Waals surface area contributed by atoms with Crippen LogP contribution in [-0.2, 0) is 4.79 Å². The van der Waals surface area contributed by atoms with Crippen LogP contribution in [0.5, 0.6) is 0 Å². The molecule has 124 valence electrons. The molecule has 2 aromatic carbocycles. The quantitative estimate of drug-likeness (QED) is 0.831. The summed E-state index contributed by atoms with van der Waals surface area (Å²) in [5, 5.41) is 2.94. The average Bonchev–Trinajstić information content (AvgIpc) is 3.04. The van der Waals surface area contributed by atoms with Crippen LogP contribution in [0.25, 0.3) is 11.1 Å². The van der Waals surface area contributed by atoms with Crippen LogP contribution in [0.1, 0.15) is 29.6 Å². The van der Waals surface area contributed by atoms with Crippen LogP contribution in [0.4, 0.5) is 0 Å². The number of rotatable bonds is 6. The number of nitrogens with one attached hydrogen (secondary N) is 1. The number of hydrogen-bond acceptors (Lipinski definition) is 2. The first-order chi connectivity index (χ1) is 11.7. The SMILES string of the molecule is O=C(NCCCN1CCCC1=O)c1cccc(-c2ccccc2)c1. The molecular formula is C20H22N2O2. The highest BCUT2D eigenvalue weighted by Crippen LogP contribution is 2.19. The van der Waals surface area contributed by atoms with Crippen LogP contribution in [0, 0.1) is 0 Å². The molecule has 24 heavy (non-hydrogen) atoms. The van der Waals surface area contributed by atoms with Crippen molar-refractivity contribution in [3.63, 3.8) is 0 Å². The lowest BCUT2D eigenvalue weighted by Gasteiger charge is -2.15. The first-order valence-corrected chi connectivity index (χ1v) is 8.45. The van der Waals surface area contributed by atoms with Gasteiger partial charge >= 0.3 is 0 Å². The molecule has 3 rings (SSSR count). The van der Waals surface area contributed by atoms with Gasteiger partial charge in [-0.25, -0.2) is 0 Å². The zero-order valence-corrected chi connectivity index (χ0v) is 13.7. The van der Waals surface area contributed by atoms with Crippen molar-refractivity contribution >= 4 is 11.8 Å². The van der Waals surface area contributed by atoms with Gasteiger partial charge in [0, 0.05) is 31.6 Å². The van der Waals surface area contributed by atoms with E-state index in [2.05, 4.69) is 5.32 Å². The summed E-state index contributed by atoms with van der Waals surface area (Å²) in [5.41, 5.74) is 2.79. The fourth-order valence-corrected chi connectivity index (χ4v) is 2.98. The molecule has 0 bridgehead atoms. The summed E-state index contributed by atoms with van der Waals surface area (Å²) in [6.45, 7) is 2.16. The van der Waals surface area contributed by atoms with Gasteiger partial charge in [-0.15, -0.1) is 0 Å². The van der Waals surface area contributed by atoms with Crippen molar-refractivity contribution in [2.24, 2.45) is 0 Å². The first-order valence-electron chi connectivity index (χ1n) is 8.45. The molecule has 0 aromatic heterocycles. The van der Waals surface area contributed by atoms with E-state index in [1.807, 2.05) is 59.5 Å². The summed E-state index contributed by atoms with van der Waals surface area (Å²) in [4.78, 5) is 25.7. The van der Waals surface area contributed by atoms with Gasteiger partial charge in [0.15, 0.2) is 0 Å². The second-order valence-electron chi connectivity index (χ2n) is 6.04. The standard InChI is InChI=1S/C20H22N2O2/c23-19-11-5-13-22(19)14-6-12-21-20(24)18-10-4-9-17(15-18)16-7-2-1-3-8-16/h1-4,7-10,15H,5-6,11-14H2,(H,21,24). The van der Waals surface area contributed by atoms with E-state index in [0.29, 0.717) is 18.5 Å². The van der Waals surface area contributed by atoms with Crippen LogP contribution < -0.4 is 5.32 Å². The zero-order chi connectivity index (χ0) is 16.8. The molecule has 4 nitrogen and oxygen atoms in total. The van der Waals surface area contributed by atoms with Crippen LogP contribution in [0.2, 0.25) is 0 Å². The molecule has 2 amide bonds. The predicted molar refractivity (Wildman–Crippen MR) is 94.6 cm³/mol. The molecule has 0 aliphatic carbocycles. The van der Waals surface area contributed by atoms with Crippen molar-refractivity contribution in [1.29, 1.82) is 0 Å². The summed E-state index contributed by atoms with van der Waals surface area (Å²) in [5.74, 6) is 0.164. The number of carbonyl (C=O) groups excluding carboxylic acids is 2. The molecule has 4 heteroatoms. The number of likely N-dealkylation sites (tertiary alicyclic amines) is 1. The van der Waals surface area contributed by atoms with Crippen molar-refractivity contribution in [3.8, 4) is 11.1 Å². The minimum atomic E-state index is -0.0690. The van der Waals surface area contributed by atoms with E-state index in [0.717, 1.165) is 37.1 Å².